The molecule has 0 radical (unpaired) electrons. The van der Waals surface area contributed by atoms with Crippen molar-refractivity contribution in [2.24, 2.45) is 0 Å². The number of carbonyl (C=O) groups is 2. The van der Waals surface area contributed by atoms with Crippen LogP contribution in [0.3, 0.4) is 0 Å². The smallest absolute Gasteiger partial charge is 0.317 e. The molecule has 1 unspecified atom stereocenters. The number of piperidine rings is 1. The van der Waals surface area contributed by atoms with Crippen LogP contribution in [-0.2, 0) is 5.54 Å². The van der Waals surface area contributed by atoms with E-state index in [1.165, 1.54) is 0 Å². The minimum absolute atomic E-state index is 0. The number of hydrogen-bond acceptors (Lipinski definition) is 3. The van der Waals surface area contributed by atoms with Crippen molar-refractivity contribution >= 4 is 47.5 Å². The number of nitrogens with zero attached hydrogens (tertiary/aromatic N) is 3. The molecule has 0 aliphatic carbocycles. The molecule has 0 aromatic heterocycles. The van der Waals surface area contributed by atoms with Gasteiger partial charge in [0.15, 0.2) is 0 Å². The molecule has 3 aromatic rings. The Balaban J connectivity index is 0.00000308. The molecule has 1 aliphatic heterocycles. The van der Waals surface area contributed by atoms with Crippen LogP contribution in [0, 0.1) is 0 Å². The first-order chi connectivity index (χ1) is 19.2. The van der Waals surface area contributed by atoms with Gasteiger partial charge in [-0.15, -0.1) is 12.4 Å². The highest BCUT2D eigenvalue weighted by Crippen LogP contribution is 2.34. The second kappa shape index (κ2) is 16.1. The SMILES string of the molecule is CN(C)C(=O)NC1(c2ccccc2)CCN(CCC(CN(C)C(=O)c2ccccc2)c2ccc(Cl)c(Cl)c2)CC1.Cl.O. The molecule has 1 atom stereocenters. The topological polar surface area (TPSA) is 87.4 Å². The standard InChI is InChI=1S/C32H38Cl2N4O2.ClH.H2O/c1-36(2)31(40)35-32(27-12-8-5-9-13-27)17-20-38(21-18-32)19-16-26(25-14-15-28(33)29(34)22-25)23-37(3)30(39)24-10-6-4-7-11-24;;/h4-15,22,26H,16-21,23H2,1-3H3,(H,35,40);1H;1H2. The van der Waals surface area contributed by atoms with Crippen molar-refractivity contribution in [3.05, 3.63) is 106 Å². The molecule has 7 nitrogen and oxygen atoms in total. The third kappa shape index (κ3) is 8.85. The molecule has 3 amide bonds. The van der Waals surface area contributed by atoms with Crippen molar-refractivity contribution < 1.29 is 15.1 Å². The normalized spacial score (nSPS) is 15.0. The Bertz CT molecular complexity index is 1290. The lowest BCUT2D eigenvalue weighted by molar-refractivity contribution is 0.0778. The van der Waals surface area contributed by atoms with Crippen LogP contribution in [0.15, 0.2) is 78.9 Å². The maximum atomic E-state index is 13.1. The number of nitrogens with one attached hydrogen (secondary N) is 1. The Morgan fingerprint density at radius 2 is 1.50 bits per heavy atom. The Labute approximate surface area is 265 Å². The van der Waals surface area contributed by atoms with E-state index >= 15 is 0 Å². The number of carbonyl (C=O) groups excluding carboxylic acids is 2. The van der Waals surface area contributed by atoms with Gasteiger partial charge in [0, 0.05) is 52.3 Å². The van der Waals surface area contributed by atoms with Crippen molar-refractivity contribution in [1.29, 1.82) is 0 Å². The largest absolute Gasteiger partial charge is 0.412 e. The third-order valence-corrected chi connectivity index (χ3v) is 8.60. The molecule has 1 aliphatic rings. The lowest BCUT2D eigenvalue weighted by Crippen LogP contribution is -2.55. The Kier molecular flexibility index (Phi) is 13.6. The van der Waals surface area contributed by atoms with E-state index in [1.807, 2.05) is 73.8 Å². The first-order valence-corrected chi connectivity index (χ1v) is 14.5. The Morgan fingerprint density at radius 3 is 2.07 bits per heavy atom. The van der Waals surface area contributed by atoms with Gasteiger partial charge in [-0.2, -0.15) is 0 Å². The molecule has 1 heterocycles. The maximum absolute atomic E-state index is 13.1. The second-order valence-corrected chi connectivity index (χ2v) is 11.6. The number of benzene rings is 3. The van der Waals surface area contributed by atoms with Gasteiger partial charge in [-0.25, -0.2) is 4.79 Å². The zero-order valence-electron chi connectivity index (χ0n) is 24.4. The fourth-order valence-electron chi connectivity index (χ4n) is 5.40. The fourth-order valence-corrected chi connectivity index (χ4v) is 5.71. The average Bonchev–Trinajstić information content (AvgIpc) is 2.97. The summed E-state index contributed by atoms with van der Waals surface area (Å²) in [7, 11) is 5.39. The molecule has 0 bridgehead atoms. The van der Waals surface area contributed by atoms with E-state index in [-0.39, 0.29) is 35.7 Å². The third-order valence-electron chi connectivity index (χ3n) is 7.86. The Morgan fingerprint density at radius 1 is 0.905 bits per heavy atom. The molecule has 4 rings (SSSR count). The molecular weight excluding hydrogens is 595 g/mol. The van der Waals surface area contributed by atoms with Crippen molar-refractivity contribution in [1.82, 2.24) is 20.0 Å². The zero-order valence-corrected chi connectivity index (χ0v) is 26.7. The van der Waals surface area contributed by atoms with Crippen LogP contribution in [0.25, 0.3) is 0 Å². The highest BCUT2D eigenvalue weighted by molar-refractivity contribution is 6.42. The van der Waals surface area contributed by atoms with Crippen molar-refractivity contribution in [3.63, 3.8) is 0 Å². The summed E-state index contributed by atoms with van der Waals surface area (Å²) in [5.41, 5.74) is 2.48. The summed E-state index contributed by atoms with van der Waals surface area (Å²) in [5, 5.41) is 4.35. The van der Waals surface area contributed by atoms with Crippen LogP contribution in [-0.4, -0.2) is 79.4 Å². The molecular formula is C32H41Cl3N4O3. The van der Waals surface area contributed by atoms with Crippen LogP contribution in [0.1, 0.15) is 46.7 Å². The number of amides is 3. The number of hydrogen-bond donors (Lipinski definition) is 1. The lowest BCUT2D eigenvalue weighted by Gasteiger charge is -2.43. The Hall–Kier alpha value is -2.81. The van der Waals surface area contributed by atoms with Crippen LogP contribution in [0.5, 0.6) is 0 Å². The molecule has 0 saturated carbocycles. The van der Waals surface area contributed by atoms with Crippen molar-refractivity contribution in [3.8, 4) is 0 Å². The van der Waals surface area contributed by atoms with Gasteiger partial charge in [0.05, 0.1) is 15.6 Å². The van der Waals surface area contributed by atoms with Gasteiger partial charge in [0.25, 0.3) is 5.91 Å². The molecule has 1 saturated heterocycles. The summed E-state index contributed by atoms with van der Waals surface area (Å²) in [6, 6.07) is 25.3. The summed E-state index contributed by atoms with van der Waals surface area (Å²) in [4.78, 5) is 31.6. The molecule has 0 spiro atoms. The van der Waals surface area contributed by atoms with E-state index in [0.29, 0.717) is 22.2 Å². The molecule has 42 heavy (non-hydrogen) atoms. The minimum Gasteiger partial charge on any atom is -0.412 e. The molecule has 3 aromatic carbocycles. The first kappa shape index (κ1) is 35.4. The van der Waals surface area contributed by atoms with Gasteiger partial charge < -0.3 is 25.5 Å². The van der Waals surface area contributed by atoms with E-state index in [2.05, 4.69) is 22.3 Å². The molecule has 3 N–H and O–H groups in total. The molecule has 1 fully saturated rings. The predicted molar refractivity (Wildman–Crippen MR) is 174 cm³/mol. The average molecular weight is 636 g/mol. The highest BCUT2D eigenvalue weighted by atomic mass is 35.5. The summed E-state index contributed by atoms with van der Waals surface area (Å²) >= 11 is 12.6. The minimum atomic E-state index is -0.398. The summed E-state index contributed by atoms with van der Waals surface area (Å²) in [5.74, 6) is 0.0783. The number of likely N-dealkylation sites (N-methyl/N-ethyl adjacent to an activating group) is 1. The van der Waals surface area contributed by atoms with Gasteiger partial charge in [0.1, 0.15) is 0 Å². The van der Waals surface area contributed by atoms with Gasteiger partial charge in [-0.3, -0.25) is 4.79 Å². The second-order valence-electron chi connectivity index (χ2n) is 10.8. The lowest BCUT2D eigenvalue weighted by atomic mass is 9.80. The quantitative estimate of drug-likeness (QED) is 0.308. The van der Waals surface area contributed by atoms with Crippen LogP contribution in [0.4, 0.5) is 4.79 Å². The summed E-state index contributed by atoms with van der Waals surface area (Å²) in [6.07, 6.45) is 2.49. The van der Waals surface area contributed by atoms with Crippen LogP contribution >= 0.6 is 35.6 Å². The number of rotatable bonds is 9. The van der Waals surface area contributed by atoms with E-state index in [4.69, 9.17) is 23.2 Å². The van der Waals surface area contributed by atoms with E-state index in [1.54, 1.807) is 23.9 Å². The fraction of sp³-hybridized carbons (Fsp3) is 0.375. The predicted octanol–water partition coefficient (Wildman–Crippen LogP) is 6.10. The van der Waals surface area contributed by atoms with E-state index < -0.39 is 5.54 Å². The zero-order chi connectivity index (χ0) is 28.7. The highest BCUT2D eigenvalue weighted by Gasteiger charge is 2.38. The molecule has 228 valence electrons. The monoisotopic (exact) mass is 634 g/mol. The van der Waals surface area contributed by atoms with Crippen molar-refractivity contribution in [2.45, 2.75) is 30.7 Å². The van der Waals surface area contributed by atoms with E-state index in [9.17, 15) is 9.59 Å². The van der Waals surface area contributed by atoms with E-state index in [0.717, 1.165) is 50.0 Å². The maximum Gasteiger partial charge on any atom is 0.317 e. The first-order valence-electron chi connectivity index (χ1n) is 13.7. The van der Waals surface area contributed by atoms with Crippen molar-refractivity contribution in [2.75, 3.05) is 47.3 Å². The van der Waals surface area contributed by atoms with Gasteiger partial charge in [-0.1, -0.05) is 77.8 Å². The van der Waals surface area contributed by atoms with Gasteiger partial charge >= 0.3 is 6.03 Å². The number of likely N-dealkylation sites (tertiary alicyclic amines) is 1. The number of halogens is 3. The van der Waals surface area contributed by atoms with Gasteiger partial charge in [-0.05, 0) is 61.2 Å². The summed E-state index contributed by atoms with van der Waals surface area (Å²) < 4.78 is 0. The summed E-state index contributed by atoms with van der Waals surface area (Å²) in [6.45, 7) is 3.14. The molecule has 10 heteroatoms. The van der Waals surface area contributed by atoms with Crippen LogP contribution < -0.4 is 5.32 Å². The van der Waals surface area contributed by atoms with Crippen LogP contribution in [0.2, 0.25) is 10.0 Å². The van der Waals surface area contributed by atoms with Gasteiger partial charge in [0.2, 0.25) is 0 Å². The number of urea groups is 1.